The number of epoxide rings is 1. The zero-order valence-electron chi connectivity index (χ0n) is 18.6. The summed E-state index contributed by atoms with van der Waals surface area (Å²) in [4.78, 5) is 12.1. The first-order chi connectivity index (χ1) is 15.7. The molecule has 1 aliphatic rings. The van der Waals surface area contributed by atoms with Gasteiger partial charge in [-0.05, 0) is 47.9 Å². The lowest BCUT2D eigenvalue weighted by Gasteiger charge is -2.11. The Bertz CT molecular complexity index is 999. The maximum absolute atomic E-state index is 12.1. The number of aryl methyl sites for hydroxylation is 2. The molecule has 1 N–H and O–H groups in total. The van der Waals surface area contributed by atoms with Crippen LogP contribution in [0.5, 0.6) is 0 Å². The molecule has 0 spiro atoms. The molecule has 3 heteroatoms. The Morgan fingerprint density at radius 3 is 1.97 bits per heavy atom. The fourth-order valence-electron chi connectivity index (χ4n) is 4.64. The van der Waals surface area contributed by atoms with E-state index >= 15 is 0 Å². The van der Waals surface area contributed by atoms with E-state index in [1.165, 1.54) is 49.7 Å². The van der Waals surface area contributed by atoms with Gasteiger partial charge in [0.15, 0.2) is 0 Å². The summed E-state index contributed by atoms with van der Waals surface area (Å²) in [6.07, 6.45) is 9.09. The molecule has 3 aromatic carbocycles. The second-order valence-electron chi connectivity index (χ2n) is 8.71. The third kappa shape index (κ3) is 5.11. The van der Waals surface area contributed by atoms with Gasteiger partial charge in [0.25, 0.3) is 0 Å². The number of ether oxygens (including phenoxy) is 1. The summed E-state index contributed by atoms with van der Waals surface area (Å²) in [5, 5.41) is 9.94. The van der Waals surface area contributed by atoms with Crippen LogP contribution in [-0.4, -0.2) is 11.1 Å². The lowest BCUT2D eigenvalue weighted by Crippen LogP contribution is -2.22. The van der Waals surface area contributed by atoms with Gasteiger partial charge in [-0.3, -0.25) is 0 Å². The van der Waals surface area contributed by atoms with Crippen LogP contribution < -0.4 is 0 Å². The zero-order chi connectivity index (χ0) is 22.2. The first-order valence-corrected chi connectivity index (χ1v) is 11.8. The Labute approximate surface area is 191 Å². The fraction of sp³-hybridized carbons (Fsp3) is 0.345. The molecule has 0 unspecified atom stereocenters. The molecular formula is C29H32O3. The summed E-state index contributed by atoms with van der Waals surface area (Å²) in [6.45, 7) is 0. The molecule has 0 saturated carbocycles. The highest BCUT2D eigenvalue weighted by atomic mass is 16.6. The summed E-state index contributed by atoms with van der Waals surface area (Å²) in [7, 11) is 0. The van der Waals surface area contributed by atoms with Crippen molar-refractivity contribution in [3.05, 3.63) is 107 Å². The van der Waals surface area contributed by atoms with Crippen LogP contribution in [0.25, 0.3) is 0 Å². The van der Waals surface area contributed by atoms with E-state index in [0.29, 0.717) is 5.56 Å². The standard InChI is InChI=1S/C29H32O3/c30-28(31)29(25-20-11-6-12-21-25)27(32-29)26-22-14-13-19-24(26)18-10-4-2-1-3-7-15-23-16-8-5-9-17-23/h5-6,8-9,11-14,16-17,19-22,27H,1-4,7,10,15,18H2,(H,30,31)/t27-,29+/m0/s1. The van der Waals surface area contributed by atoms with Crippen molar-refractivity contribution < 1.29 is 14.6 Å². The van der Waals surface area contributed by atoms with E-state index in [9.17, 15) is 9.90 Å². The highest BCUT2D eigenvalue weighted by molar-refractivity contribution is 5.84. The third-order valence-corrected chi connectivity index (χ3v) is 6.48. The van der Waals surface area contributed by atoms with E-state index in [1.54, 1.807) is 0 Å². The number of hydrogen-bond acceptors (Lipinski definition) is 2. The fourth-order valence-corrected chi connectivity index (χ4v) is 4.64. The van der Waals surface area contributed by atoms with Gasteiger partial charge in [-0.15, -0.1) is 0 Å². The lowest BCUT2D eigenvalue weighted by atomic mass is 9.88. The Morgan fingerprint density at radius 1 is 0.719 bits per heavy atom. The molecule has 4 rings (SSSR count). The summed E-state index contributed by atoms with van der Waals surface area (Å²) in [6, 6.07) is 28.2. The van der Waals surface area contributed by atoms with Gasteiger partial charge in [-0.1, -0.05) is 111 Å². The molecule has 3 aromatic rings. The molecule has 0 aromatic heterocycles. The smallest absolute Gasteiger partial charge is 0.343 e. The number of benzene rings is 3. The summed E-state index contributed by atoms with van der Waals surface area (Å²) < 4.78 is 5.89. The van der Waals surface area contributed by atoms with Gasteiger partial charge in [-0.2, -0.15) is 0 Å². The van der Waals surface area contributed by atoms with Gasteiger partial charge >= 0.3 is 5.97 Å². The van der Waals surface area contributed by atoms with Crippen molar-refractivity contribution in [1.29, 1.82) is 0 Å². The Hall–Kier alpha value is -2.91. The van der Waals surface area contributed by atoms with E-state index in [0.717, 1.165) is 18.4 Å². The van der Waals surface area contributed by atoms with E-state index in [4.69, 9.17) is 4.74 Å². The topological polar surface area (TPSA) is 49.8 Å². The zero-order valence-corrected chi connectivity index (χ0v) is 18.6. The van der Waals surface area contributed by atoms with Gasteiger partial charge in [0.1, 0.15) is 6.10 Å². The van der Waals surface area contributed by atoms with Crippen molar-refractivity contribution in [2.45, 2.75) is 63.1 Å². The Balaban J connectivity index is 1.25. The molecule has 3 nitrogen and oxygen atoms in total. The largest absolute Gasteiger partial charge is 0.479 e. The first-order valence-electron chi connectivity index (χ1n) is 11.8. The van der Waals surface area contributed by atoms with E-state index in [1.807, 2.05) is 48.5 Å². The predicted molar refractivity (Wildman–Crippen MR) is 128 cm³/mol. The van der Waals surface area contributed by atoms with Crippen molar-refractivity contribution in [3.8, 4) is 0 Å². The van der Waals surface area contributed by atoms with Crippen molar-refractivity contribution in [2.75, 3.05) is 0 Å². The van der Waals surface area contributed by atoms with Crippen LogP contribution in [0, 0.1) is 0 Å². The monoisotopic (exact) mass is 428 g/mol. The van der Waals surface area contributed by atoms with Crippen LogP contribution in [0.1, 0.15) is 66.9 Å². The number of rotatable bonds is 12. The molecule has 0 bridgehead atoms. The van der Waals surface area contributed by atoms with Crippen LogP contribution in [0.4, 0.5) is 0 Å². The second kappa shape index (κ2) is 10.6. The maximum atomic E-state index is 12.1. The summed E-state index contributed by atoms with van der Waals surface area (Å²) in [5.74, 6) is -0.918. The Kier molecular flexibility index (Phi) is 7.39. The first kappa shape index (κ1) is 22.3. The molecule has 166 valence electrons. The number of unbranched alkanes of at least 4 members (excludes halogenated alkanes) is 5. The molecular weight excluding hydrogens is 396 g/mol. The highest BCUT2D eigenvalue weighted by Gasteiger charge is 2.65. The molecule has 0 aliphatic carbocycles. The van der Waals surface area contributed by atoms with Gasteiger partial charge in [0.05, 0.1) is 0 Å². The quantitative estimate of drug-likeness (QED) is 0.253. The van der Waals surface area contributed by atoms with Crippen molar-refractivity contribution in [3.63, 3.8) is 0 Å². The molecule has 1 fully saturated rings. The normalized spacial score (nSPS) is 19.6. The minimum Gasteiger partial charge on any atom is -0.479 e. The number of aliphatic carboxylic acids is 1. The van der Waals surface area contributed by atoms with Crippen molar-refractivity contribution in [1.82, 2.24) is 0 Å². The van der Waals surface area contributed by atoms with Crippen LogP contribution in [0.3, 0.4) is 0 Å². The van der Waals surface area contributed by atoms with Crippen molar-refractivity contribution in [2.24, 2.45) is 0 Å². The molecule has 1 aliphatic heterocycles. The van der Waals surface area contributed by atoms with E-state index < -0.39 is 17.7 Å². The molecule has 2 atom stereocenters. The highest BCUT2D eigenvalue weighted by Crippen LogP contribution is 2.57. The van der Waals surface area contributed by atoms with Crippen LogP contribution in [0.15, 0.2) is 84.9 Å². The third-order valence-electron chi connectivity index (χ3n) is 6.48. The minimum absolute atomic E-state index is 0.420. The average molecular weight is 429 g/mol. The second-order valence-corrected chi connectivity index (χ2v) is 8.71. The molecule has 1 heterocycles. The maximum Gasteiger partial charge on any atom is 0.343 e. The van der Waals surface area contributed by atoms with Crippen LogP contribution >= 0.6 is 0 Å². The molecule has 32 heavy (non-hydrogen) atoms. The summed E-state index contributed by atoms with van der Waals surface area (Å²) in [5.41, 5.74) is 3.11. The van der Waals surface area contributed by atoms with Crippen LogP contribution in [-0.2, 0) is 28.0 Å². The van der Waals surface area contributed by atoms with E-state index in [-0.39, 0.29) is 0 Å². The minimum atomic E-state index is -1.25. The SMILES string of the molecule is O=C(O)[C@]1(c2ccccc2)O[C@H]1c1ccccc1CCCCCCCCc1ccccc1. The van der Waals surface area contributed by atoms with Gasteiger partial charge in [0.2, 0.25) is 5.60 Å². The molecule has 0 amide bonds. The molecule has 0 radical (unpaired) electrons. The Morgan fingerprint density at radius 2 is 1.28 bits per heavy atom. The van der Waals surface area contributed by atoms with Crippen molar-refractivity contribution >= 4 is 5.97 Å². The van der Waals surface area contributed by atoms with Gasteiger partial charge in [-0.25, -0.2) is 4.79 Å². The number of carbonyl (C=O) groups is 1. The summed E-state index contributed by atoms with van der Waals surface area (Å²) >= 11 is 0. The van der Waals surface area contributed by atoms with E-state index in [2.05, 4.69) is 36.4 Å². The predicted octanol–water partition coefficient (Wildman–Crippen LogP) is 6.86. The number of carboxylic acids is 1. The lowest BCUT2D eigenvalue weighted by molar-refractivity contribution is -0.143. The van der Waals surface area contributed by atoms with Gasteiger partial charge in [0, 0.05) is 0 Å². The average Bonchev–Trinajstić information content (AvgIpc) is 3.59. The van der Waals surface area contributed by atoms with Gasteiger partial charge < -0.3 is 9.84 Å². The van der Waals surface area contributed by atoms with Crippen LogP contribution in [0.2, 0.25) is 0 Å². The number of hydrogen-bond donors (Lipinski definition) is 1. The number of carboxylic acid groups (broad SMARTS) is 1. The molecule has 1 saturated heterocycles.